The number of β-amino-alcohol motifs (C(OH)–C–C–N with tert-alkyl or cyclic N) is 1. The summed E-state index contributed by atoms with van der Waals surface area (Å²) in [6.45, 7) is 1.93. The predicted octanol–water partition coefficient (Wildman–Crippen LogP) is 4.59. The molecule has 1 amide bonds. The van der Waals surface area contributed by atoms with Gasteiger partial charge in [-0.15, -0.1) is 11.3 Å². The Kier molecular flexibility index (Phi) is 5.66. The monoisotopic (exact) mass is 481 g/mol. The molecule has 0 spiro atoms. The SMILES string of the molecule is Cc1c(F)ccc(Nc2c(C(=O)N3CC[C@@H](O)C3)sc3c2ccc(=O)n3-c2ccccc2)c1F. The summed E-state index contributed by atoms with van der Waals surface area (Å²) in [6.07, 6.45) is -0.130. The van der Waals surface area contributed by atoms with Gasteiger partial charge in [-0.05, 0) is 43.7 Å². The van der Waals surface area contributed by atoms with Crippen molar-refractivity contribution in [2.45, 2.75) is 19.4 Å². The number of para-hydroxylation sites is 1. The van der Waals surface area contributed by atoms with Gasteiger partial charge >= 0.3 is 0 Å². The molecule has 4 aromatic rings. The van der Waals surface area contributed by atoms with Crippen LogP contribution in [0.3, 0.4) is 0 Å². The number of benzene rings is 2. The Hall–Kier alpha value is -3.56. The number of fused-ring (bicyclic) bond motifs is 1. The molecule has 0 saturated carbocycles. The lowest BCUT2D eigenvalue weighted by Crippen LogP contribution is -2.29. The van der Waals surface area contributed by atoms with Crippen molar-refractivity contribution in [2.24, 2.45) is 0 Å². The first-order chi connectivity index (χ1) is 16.3. The van der Waals surface area contributed by atoms with Crippen molar-refractivity contribution in [3.05, 3.63) is 87.0 Å². The number of nitrogens with one attached hydrogen (secondary N) is 1. The number of hydrogen-bond acceptors (Lipinski definition) is 5. The topological polar surface area (TPSA) is 74.6 Å². The van der Waals surface area contributed by atoms with E-state index >= 15 is 0 Å². The van der Waals surface area contributed by atoms with Gasteiger partial charge in [-0.25, -0.2) is 8.78 Å². The van der Waals surface area contributed by atoms with Crippen LogP contribution in [-0.2, 0) is 0 Å². The first kappa shape index (κ1) is 22.2. The van der Waals surface area contributed by atoms with Gasteiger partial charge in [-0.2, -0.15) is 0 Å². The van der Waals surface area contributed by atoms with Gasteiger partial charge in [0.25, 0.3) is 11.5 Å². The quantitative estimate of drug-likeness (QED) is 0.447. The minimum atomic E-state index is -0.759. The number of thiophene rings is 1. The van der Waals surface area contributed by atoms with Gasteiger partial charge in [-0.1, -0.05) is 18.2 Å². The maximum atomic E-state index is 14.9. The van der Waals surface area contributed by atoms with Gasteiger partial charge in [0, 0.05) is 30.1 Å². The lowest BCUT2D eigenvalue weighted by atomic mass is 10.1. The Bertz CT molecular complexity index is 1470. The highest BCUT2D eigenvalue weighted by Crippen LogP contribution is 2.39. The number of carbonyl (C=O) groups is 1. The number of rotatable bonds is 4. The molecule has 1 atom stereocenters. The number of halogens is 2. The van der Waals surface area contributed by atoms with E-state index in [9.17, 15) is 23.5 Å². The van der Waals surface area contributed by atoms with Crippen LogP contribution in [0, 0.1) is 18.6 Å². The minimum absolute atomic E-state index is 0.0200. The number of aromatic nitrogens is 1. The van der Waals surface area contributed by atoms with Crippen LogP contribution in [0.1, 0.15) is 21.7 Å². The van der Waals surface area contributed by atoms with Crippen LogP contribution in [0.15, 0.2) is 59.4 Å². The number of amides is 1. The number of carbonyl (C=O) groups excluding carboxylic acids is 1. The fourth-order valence-electron chi connectivity index (χ4n) is 4.14. The van der Waals surface area contributed by atoms with E-state index in [0.29, 0.717) is 34.6 Å². The molecular formula is C25H21F2N3O3S. The van der Waals surface area contributed by atoms with Gasteiger partial charge in [0.05, 0.1) is 23.2 Å². The molecule has 2 N–H and O–H groups in total. The summed E-state index contributed by atoms with van der Waals surface area (Å²) in [7, 11) is 0. The third-order valence-electron chi connectivity index (χ3n) is 5.98. The lowest BCUT2D eigenvalue weighted by molar-refractivity contribution is 0.0770. The predicted molar refractivity (Wildman–Crippen MR) is 128 cm³/mol. The molecule has 6 nitrogen and oxygen atoms in total. The van der Waals surface area contributed by atoms with E-state index in [1.54, 1.807) is 18.2 Å². The molecule has 5 rings (SSSR count). The number of anilines is 2. The number of pyridine rings is 1. The largest absolute Gasteiger partial charge is 0.391 e. The van der Waals surface area contributed by atoms with Crippen LogP contribution in [-0.4, -0.2) is 39.7 Å². The molecule has 0 aliphatic carbocycles. The average molecular weight is 482 g/mol. The van der Waals surface area contributed by atoms with E-state index in [-0.39, 0.29) is 34.1 Å². The van der Waals surface area contributed by atoms with E-state index in [1.165, 1.54) is 28.5 Å². The fraction of sp³-hybridized carbons (Fsp3) is 0.200. The highest BCUT2D eigenvalue weighted by Gasteiger charge is 2.30. The Labute approximate surface area is 197 Å². The molecule has 3 heterocycles. The van der Waals surface area contributed by atoms with Crippen molar-refractivity contribution in [3.63, 3.8) is 0 Å². The maximum absolute atomic E-state index is 14.9. The molecular weight excluding hydrogens is 460 g/mol. The summed E-state index contributed by atoms with van der Waals surface area (Å²) in [5, 5.41) is 13.5. The molecule has 2 aromatic carbocycles. The Morgan fingerprint density at radius 1 is 1.12 bits per heavy atom. The summed E-state index contributed by atoms with van der Waals surface area (Å²) in [5.74, 6) is -1.75. The van der Waals surface area contributed by atoms with Crippen molar-refractivity contribution in [2.75, 3.05) is 18.4 Å². The van der Waals surface area contributed by atoms with Gasteiger partial charge in [0.2, 0.25) is 0 Å². The summed E-state index contributed by atoms with van der Waals surface area (Å²) in [5.41, 5.74) is 0.574. The molecule has 1 saturated heterocycles. The van der Waals surface area contributed by atoms with Gasteiger partial charge in [0.1, 0.15) is 15.5 Å². The Morgan fingerprint density at radius 3 is 2.59 bits per heavy atom. The van der Waals surface area contributed by atoms with Crippen molar-refractivity contribution in [1.29, 1.82) is 0 Å². The highest BCUT2D eigenvalue weighted by atomic mass is 32.1. The zero-order valence-corrected chi connectivity index (χ0v) is 19.0. The molecule has 0 radical (unpaired) electrons. The minimum Gasteiger partial charge on any atom is -0.391 e. The number of likely N-dealkylation sites (tertiary alicyclic amines) is 1. The molecule has 0 unspecified atom stereocenters. The third-order valence-corrected chi connectivity index (χ3v) is 7.16. The standard InChI is InChI=1S/C25H21F2N3O3S/c1-14-18(26)8-9-19(21(14)27)28-22-17-7-10-20(32)30(15-5-3-2-4-6-15)25(17)34-23(22)24(33)29-12-11-16(31)13-29/h2-10,16,28,31H,11-13H2,1H3/t16-/m1/s1. The van der Waals surface area contributed by atoms with E-state index in [2.05, 4.69) is 5.32 Å². The molecule has 2 aromatic heterocycles. The van der Waals surface area contributed by atoms with Crippen LogP contribution in [0.4, 0.5) is 20.2 Å². The molecule has 34 heavy (non-hydrogen) atoms. The first-order valence-electron chi connectivity index (χ1n) is 10.8. The summed E-state index contributed by atoms with van der Waals surface area (Å²) in [4.78, 5) is 28.6. The lowest BCUT2D eigenvalue weighted by Gasteiger charge is -2.16. The molecule has 1 aliphatic heterocycles. The second-order valence-corrected chi connectivity index (χ2v) is 9.22. The van der Waals surface area contributed by atoms with Crippen LogP contribution in [0.5, 0.6) is 0 Å². The molecule has 9 heteroatoms. The second-order valence-electron chi connectivity index (χ2n) is 8.22. The molecule has 0 bridgehead atoms. The van der Waals surface area contributed by atoms with Crippen molar-refractivity contribution in [1.82, 2.24) is 9.47 Å². The van der Waals surface area contributed by atoms with Gasteiger partial charge in [0.15, 0.2) is 5.82 Å². The van der Waals surface area contributed by atoms with Crippen LogP contribution >= 0.6 is 11.3 Å². The smallest absolute Gasteiger partial charge is 0.266 e. The fourth-order valence-corrected chi connectivity index (χ4v) is 5.38. The van der Waals surface area contributed by atoms with E-state index in [0.717, 1.165) is 17.4 Å². The normalized spacial score (nSPS) is 15.8. The van der Waals surface area contributed by atoms with Crippen molar-refractivity contribution >= 4 is 38.8 Å². The van der Waals surface area contributed by atoms with Crippen molar-refractivity contribution in [3.8, 4) is 5.69 Å². The second kappa shape index (κ2) is 8.66. The summed E-state index contributed by atoms with van der Waals surface area (Å²) < 4.78 is 30.2. The molecule has 174 valence electrons. The highest BCUT2D eigenvalue weighted by molar-refractivity contribution is 7.21. The number of aliphatic hydroxyl groups excluding tert-OH is 1. The van der Waals surface area contributed by atoms with Crippen LogP contribution in [0.25, 0.3) is 15.9 Å². The van der Waals surface area contributed by atoms with Crippen LogP contribution in [0.2, 0.25) is 0 Å². The Morgan fingerprint density at radius 2 is 1.88 bits per heavy atom. The zero-order valence-electron chi connectivity index (χ0n) is 18.2. The van der Waals surface area contributed by atoms with Crippen molar-refractivity contribution < 1.29 is 18.7 Å². The molecule has 1 fully saturated rings. The maximum Gasteiger partial charge on any atom is 0.266 e. The zero-order chi connectivity index (χ0) is 24.0. The van der Waals surface area contributed by atoms with Gasteiger partial charge < -0.3 is 15.3 Å². The van der Waals surface area contributed by atoms with E-state index in [1.807, 2.05) is 18.2 Å². The average Bonchev–Trinajstić information content (AvgIpc) is 3.43. The summed E-state index contributed by atoms with van der Waals surface area (Å²) >= 11 is 1.12. The first-order valence-corrected chi connectivity index (χ1v) is 11.6. The molecule has 1 aliphatic rings. The van der Waals surface area contributed by atoms with E-state index < -0.39 is 17.7 Å². The number of nitrogens with zero attached hydrogens (tertiary/aromatic N) is 2. The van der Waals surface area contributed by atoms with Gasteiger partial charge in [-0.3, -0.25) is 14.2 Å². The van der Waals surface area contributed by atoms with E-state index in [4.69, 9.17) is 0 Å². The van der Waals surface area contributed by atoms with Crippen LogP contribution < -0.4 is 10.9 Å². The third kappa shape index (κ3) is 3.76. The number of aliphatic hydroxyl groups is 1. The number of hydrogen-bond donors (Lipinski definition) is 2. The Balaban J connectivity index is 1.73. The summed E-state index contributed by atoms with van der Waals surface area (Å²) in [6, 6.07) is 14.5.